The van der Waals surface area contributed by atoms with E-state index in [2.05, 4.69) is 162 Å². The van der Waals surface area contributed by atoms with Crippen molar-refractivity contribution in [2.45, 2.75) is 195 Å². The molecule has 0 unspecified atom stereocenters. The zero-order valence-electron chi connectivity index (χ0n) is 46.2. The Morgan fingerprint density at radius 1 is 0.632 bits per heavy atom. The Labute approximate surface area is 516 Å². The van der Waals surface area contributed by atoms with Crippen molar-refractivity contribution in [3.63, 3.8) is 0 Å². The second-order valence-corrected chi connectivity index (χ2v) is 39.1. The second-order valence-electron chi connectivity index (χ2n) is 20.2. The molecule has 0 saturated heterocycles. The van der Waals surface area contributed by atoms with E-state index in [4.69, 9.17) is 4.74 Å². The Kier molecular flexibility index (Phi) is 37.8. The molecule has 0 bridgehead atoms. The number of urea groups is 2. The Hall–Kier alpha value is -1.08. The van der Waals surface area contributed by atoms with Crippen molar-refractivity contribution in [3.8, 4) is 0 Å². The van der Waals surface area contributed by atoms with E-state index in [1.807, 2.05) is 38.5 Å². The van der Waals surface area contributed by atoms with Crippen LogP contribution in [0.4, 0.5) is 9.59 Å². The van der Waals surface area contributed by atoms with Gasteiger partial charge in [0.25, 0.3) is 0 Å². The molecule has 3 saturated carbocycles. The molecule has 26 heteroatoms. The molecule has 0 radical (unpaired) electrons. The number of carbonyl (C=O) groups excluding carboxylic acids is 5. The molecule has 0 spiro atoms. The van der Waals surface area contributed by atoms with Crippen molar-refractivity contribution < 1.29 is 56.6 Å². The standard InChI is InChI=1S/C17H27N3O3S.C16H25N3O3S.C10H16N2S.C7H13NO3.I3.I2/c1-10(2)14(16(21)23-5)19-17(22)20(13-6-7-13)8-12-9-24-15(18-12)11(3)4;1-9(2)13(15(20)21)18-16(22)19(12-5-6-12)7-11-8-23-14(17-11)10(3)4;1-7(2)10-12-9(6-13-10)5-11-8-3-4-8;1-5(2)6(8-4-9)7(10)11-3;1-3-2;1-2/h9-11,13-14H,6-8H2,1-5H3,(H,19,22);8-10,12-13H,5-7H2,1-4H3,(H,18,22)(H,20,21);6-8,11H,3-5H2,1-2H3;4-6H,1-3H3,(H,8,9);;/q;;;;-1;/t14-;13-;;6-;;/m00.0../s1. The van der Waals surface area contributed by atoms with Crippen LogP contribution in [0.25, 0.3) is 0 Å². The van der Waals surface area contributed by atoms with Crippen molar-refractivity contribution in [3.05, 3.63) is 48.2 Å². The van der Waals surface area contributed by atoms with Gasteiger partial charge in [0.1, 0.15) is 18.1 Å². The van der Waals surface area contributed by atoms with E-state index >= 15 is 0 Å². The first kappa shape index (κ1) is 72.9. The van der Waals surface area contributed by atoms with Crippen LogP contribution < -0.4 is 34.5 Å². The molecule has 3 fully saturated rings. The number of halogens is 5. The van der Waals surface area contributed by atoms with Crippen LogP contribution in [0.1, 0.15) is 171 Å². The zero-order valence-corrected chi connectivity index (χ0v) is 59.4. The van der Waals surface area contributed by atoms with Crippen LogP contribution in [-0.2, 0) is 48.3 Å². The zero-order chi connectivity index (χ0) is 57.8. The first-order valence-corrected chi connectivity index (χ1v) is 46.7. The summed E-state index contributed by atoms with van der Waals surface area (Å²) in [5.41, 5.74) is 2.99. The van der Waals surface area contributed by atoms with Crippen molar-refractivity contribution in [1.82, 2.24) is 46.0 Å². The average Bonchev–Trinajstić information content (AvgIpc) is 4.36. The molecule has 3 aromatic heterocycles. The van der Waals surface area contributed by atoms with E-state index < -0.39 is 36.0 Å². The molecular weight excluding hydrogens is 1600 g/mol. The number of carboxylic acid groups (broad SMARTS) is 1. The fourth-order valence-electron chi connectivity index (χ4n) is 6.68. The Morgan fingerprint density at radius 2 is 0.974 bits per heavy atom. The van der Waals surface area contributed by atoms with Gasteiger partial charge in [-0.2, -0.15) is 0 Å². The quantitative estimate of drug-likeness (QED) is 0.0359. The number of ether oxygens (including phenoxy) is 2. The number of methoxy groups -OCH3 is 2. The SMILES string of the molecule is CC(C)c1nc(CN(C(=O)N[C@H](C(=O)O)C(C)C)C2CC2)cs1.CC(C)c1nc(CNC2CC2)cs1.COC(=O)[C@@H](NC(=O)N(Cc1csc(C(C)C)n1)C1CC1)C(C)C.COC(=O)[C@@H](NC=O)C(C)C.II.I[I-]I. The summed E-state index contributed by atoms with van der Waals surface area (Å²) in [5, 5.41) is 30.1. The second kappa shape index (κ2) is 39.4. The van der Waals surface area contributed by atoms with E-state index in [1.165, 1.54) is 37.8 Å². The number of rotatable bonds is 22. The fraction of sp³-hybridized carbons (Fsp3) is 0.700. The van der Waals surface area contributed by atoms with Gasteiger partial charge in [-0.1, -0.05) is 83.1 Å². The number of thiazole rings is 3. The summed E-state index contributed by atoms with van der Waals surface area (Å²) in [4.78, 5) is 86.5. The summed E-state index contributed by atoms with van der Waals surface area (Å²) >= 11 is 14.5. The van der Waals surface area contributed by atoms with Crippen molar-refractivity contribution in [2.75, 3.05) is 14.2 Å². The Morgan fingerprint density at radius 3 is 1.26 bits per heavy atom. The predicted molar refractivity (Wildman–Crippen MR) is 335 cm³/mol. The number of amides is 5. The summed E-state index contributed by atoms with van der Waals surface area (Å²) in [5.74, 6) is -0.645. The van der Waals surface area contributed by atoms with E-state index in [9.17, 15) is 33.9 Å². The number of esters is 2. The number of nitrogens with one attached hydrogen (secondary N) is 4. The summed E-state index contributed by atoms with van der Waals surface area (Å²) in [6.07, 6.45) is 7.13. The van der Waals surface area contributed by atoms with Crippen LogP contribution in [-0.4, -0.2) is 117 Å². The minimum absolute atomic E-state index is 0.0331. The topological polar surface area (TPSA) is 234 Å². The number of carbonyl (C=O) groups is 6. The van der Waals surface area contributed by atoms with Gasteiger partial charge in [-0.25, -0.2) is 38.9 Å². The number of hydrogen-bond acceptors (Lipinski definition) is 15. The molecule has 5 N–H and O–H groups in total. The summed E-state index contributed by atoms with van der Waals surface area (Å²) in [7, 11) is 2.63. The third kappa shape index (κ3) is 28.6. The molecule has 434 valence electrons. The minimum atomic E-state index is -1.00. The molecule has 3 aliphatic carbocycles. The monoisotopic (exact) mass is 1680 g/mol. The molecule has 0 aromatic carbocycles. The normalized spacial score (nSPS) is 14.7. The number of aliphatic carboxylic acids is 1. The molecule has 3 atom stereocenters. The molecule has 6 rings (SSSR count). The fourth-order valence-corrected chi connectivity index (χ4v) is 9.17. The van der Waals surface area contributed by atoms with Gasteiger partial charge in [0.2, 0.25) is 6.41 Å². The molecular formula is C50H81I5N9O9S3-. The molecule has 3 aromatic rings. The van der Waals surface area contributed by atoms with E-state index in [0.29, 0.717) is 50.5 Å². The molecule has 0 aliphatic heterocycles. The van der Waals surface area contributed by atoms with E-state index in [1.54, 1.807) is 57.7 Å². The number of nitrogens with zero attached hydrogens (tertiary/aromatic N) is 5. The van der Waals surface area contributed by atoms with Crippen LogP contribution in [0, 0.1) is 17.8 Å². The van der Waals surface area contributed by atoms with E-state index in [0.717, 1.165) is 59.7 Å². The maximum atomic E-state index is 12.7. The van der Waals surface area contributed by atoms with Crippen molar-refractivity contribution in [2.24, 2.45) is 17.8 Å². The Bertz CT molecular complexity index is 2170. The molecule has 5 amide bonds. The van der Waals surface area contributed by atoms with E-state index in [-0.39, 0.29) is 41.9 Å². The van der Waals surface area contributed by atoms with Crippen LogP contribution in [0.3, 0.4) is 0 Å². The predicted octanol–water partition coefficient (Wildman–Crippen LogP) is 9.18. The van der Waals surface area contributed by atoms with Gasteiger partial charge < -0.3 is 45.6 Å². The Balaban J connectivity index is 0.000000513. The van der Waals surface area contributed by atoms with Gasteiger partial charge >= 0.3 is 80.5 Å². The van der Waals surface area contributed by atoms with Gasteiger partial charge in [0, 0.05) is 95.8 Å². The number of hydrogen-bond donors (Lipinski definition) is 5. The average molecular weight is 1680 g/mol. The summed E-state index contributed by atoms with van der Waals surface area (Å²) < 4.78 is 9.26. The van der Waals surface area contributed by atoms with Crippen LogP contribution in [0.5, 0.6) is 0 Å². The summed E-state index contributed by atoms with van der Waals surface area (Å²) in [6, 6.07) is -1.36. The summed E-state index contributed by atoms with van der Waals surface area (Å²) in [6.45, 7) is 25.7. The number of carboxylic acids is 1. The molecule has 3 heterocycles. The van der Waals surface area contributed by atoms with Gasteiger partial charge in [0.15, 0.2) is 0 Å². The van der Waals surface area contributed by atoms with Crippen LogP contribution in [0.15, 0.2) is 16.1 Å². The van der Waals surface area contributed by atoms with Gasteiger partial charge in [-0.3, -0.25) is 4.79 Å². The van der Waals surface area contributed by atoms with Gasteiger partial charge in [-0.05, 0) is 56.3 Å². The van der Waals surface area contributed by atoms with Crippen molar-refractivity contribution >= 4 is 145 Å². The number of aromatic nitrogens is 3. The van der Waals surface area contributed by atoms with Gasteiger partial charge in [-0.15, -0.1) is 34.0 Å². The first-order valence-electron chi connectivity index (χ1n) is 25.2. The maximum absolute atomic E-state index is 12.7. The third-order valence-electron chi connectivity index (χ3n) is 11.5. The third-order valence-corrected chi connectivity index (χ3v) is 15.1. The molecule has 3 aliphatic rings. The van der Waals surface area contributed by atoms with Gasteiger partial charge in [0.05, 0.1) is 59.4 Å². The van der Waals surface area contributed by atoms with Crippen molar-refractivity contribution in [1.29, 1.82) is 0 Å². The first-order chi connectivity index (χ1) is 35.9. The van der Waals surface area contributed by atoms with Crippen LogP contribution in [0.2, 0.25) is 0 Å². The molecule has 76 heavy (non-hydrogen) atoms. The van der Waals surface area contributed by atoms with Crippen LogP contribution >= 0.6 is 108 Å². The molecule has 18 nitrogen and oxygen atoms in total.